The van der Waals surface area contributed by atoms with Gasteiger partial charge >= 0.3 is 338 Å². The quantitative estimate of drug-likeness (QED) is 0.0467. The Bertz CT molecular complexity index is 2720. The summed E-state index contributed by atoms with van der Waals surface area (Å²) in [7, 11) is 1.39. The standard InChI is InChI=1S/C53H69N7O7S.In/c1-8-35-30(3)39-25-41-32(5)37(20-17-23-67-29-61)49(57-41)38(24-47(63)66-7)50-48(33(6)42(58-50)27-44-36(9-2)31(4)40(56-44)26-43(35)55-39)52(64)54-22-16-12-10-11-13-18-34(62)19-14-15-21-46-51-45(28-68-46)59-53(65)60-51;/h8,25-27,29,32,37,45-46,51H,1,9-24,28H2,2-7H3,(H5,54,55,56,57,58,59,60,64,65);/q;+2/p-2/t32-,37-,45?,46-,51?;/m0./s1. The van der Waals surface area contributed by atoms with Crippen LogP contribution in [0.4, 0.5) is 4.79 Å². The normalized spacial score (nSPS) is 21.7. The number of carbonyl (C=O) groups is 5. The summed E-state index contributed by atoms with van der Waals surface area (Å²) < 4.78 is 15.4. The summed E-state index contributed by atoms with van der Waals surface area (Å²) in [6.45, 7) is 16.1. The van der Waals surface area contributed by atoms with Gasteiger partial charge in [0, 0.05) is 17.4 Å². The molecule has 6 aliphatic rings. The fourth-order valence-electron chi connectivity index (χ4n) is 11.2. The number of thioether (sulfide) groups is 1. The van der Waals surface area contributed by atoms with Crippen LogP contribution in [-0.4, -0.2) is 114 Å². The first-order chi connectivity index (χ1) is 33.4. The van der Waals surface area contributed by atoms with Crippen molar-refractivity contribution in [2.45, 2.75) is 142 Å². The number of nitrogens with one attached hydrogen (secondary N) is 3. The number of allylic oxidation sites excluding steroid dienone is 3. The van der Waals surface area contributed by atoms with E-state index in [1.165, 1.54) is 7.11 Å². The Balaban J connectivity index is 1.05. The maximum atomic E-state index is 15.0. The van der Waals surface area contributed by atoms with Crippen molar-refractivity contribution in [1.29, 1.82) is 0 Å². The predicted molar refractivity (Wildman–Crippen MR) is 275 cm³/mol. The zero-order valence-electron chi connectivity index (χ0n) is 41.1. The zero-order chi connectivity index (χ0) is 48.9. The molecule has 8 heterocycles. The molecule has 2 aromatic heterocycles. The van der Waals surface area contributed by atoms with Crippen molar-refractivity contribution in [3.05, 3.63) is 73.5 Å². The third-order valence-electron chi connectivity index (χ3n) is 15.0. The van der Waals surface area contributed by atoms with Gasteiger partial charge in [-0.2, -0.15) is 11.8 Å². The van der Waals surface area contributed by atoms with Crippen LogP contribution in [0.1, 0.15) is 149 Å². The average Bonchev–Trinajstić information content (AvgIpc) is 4.15. The number of ether oxygens (including phenoxy) is 2. The summed E-state index contributed by atoms with van der Waals surface area (Å²) in [5, 5.41) is 11.9. The second kappa shape index (κ2) is 22.5. The number of Topliss-reactive ketones (excluding diaryl/α,β-unsaturated/α-hetero) is 1. The Kier molecular flexibility index (Phi) is 16.5. The molecule has 0 aromatic carbocycles. The number of urea groups is 1. The molecule has 6 aliphatic heterocycles. The molecule has 16 heteroatoms. The molecule has 2 aromatic rings. The number of hydrogen-bond donors (Lipinski definition) is 3. The molecule has 3 amide bonds. The summed E-state index contributed by atoms with van der Waals surface area (Å²) in [5.74, 6) is 0.498. The molecule has 6 bridgehead atoms. The van der Waals surface area contributed by atoms with E-state index in [2.05, 4.69) is 73.6 Å². The Labute approximate surface area is 421 Å². The molecule has 365 valence electrons. The molecule has 0 spiro atoms. The van der Waals surface area contributed by atoms with Crippen molar-refractivity contribution in [3.8, 4) is 0 Å². The summed E-state index contributed by atoms with van der Waals surface area (Å²) in [5.41, 5.74) is 11.6. The van der Waals surface area contributed by atoms with E-state index in [9.17, 15) is 19.2 Å². The molecule has 0 aliphatic carbocycles. The number of hydrogen-bond acceptors (Lipinski definition) is 10. The maximum absolute atomic E-state index is 15.0. The number of esters is 1. The Morgan fingerprint density at radius 2 is 1.71 bits per heavy atom. The van der Waals surface area contributed by atoms with E-state index in [4.69, 9.17) is 19.5 Å². The van der Waals surface area contributed by atoms with Gasteiger partial charge < -0.3 is 10.6 Å². The first kappa shape index (κ1) is 50.6. The van der Waals surface area contributed by atoms with Crippen LogP contribution in [0.2, 0.25) is 0 Å². The van der Waals surface area contributed by atoms with Crippen molar-refractivity contribution in [3.63, 3.8) is 0 Å². The number of amides is 3. The summed E-state index contributed by atoms with van der Waals surface area (Å²) in [6.07, 6.45) is 19.1. The molecular formula is C53H67InN7O7S. The van der Waals surface area contributed by atoms with E-state index in [0.29, 0.717) is 66.6 Å². The van der Waals surface area contributed by atoms with E-state index >= 15 is 4.79 Å². The topological polar surface area (TPSA) is 174 Å². The van der Waals surface area contributed by atoms with Crippen LogP contribution >= 0.6 is 11.8 Å². The van der Waals surface area contributed by atoms with Crippen molar-refractivity contribution in [2.75, 3.05) is 26.0 Å². The monoisotopic (exact) mass is 1060 g/mol. The van der Waals surface area contributed by atoms with Gasteiger partial charge in [0.15, 0.2) is 0 Å². The average molecular weight is 1060 g/mol. The molecule has 2 unspecified atom stereocenters. The minimum absolute atomic E-state index is 0.0387. The summed E-state index contributed by atoms with van der Waals surface area (Å²) in [6, 6.07) is 0.374. The number of rotatable bonds is 23. The van der Waals surface area contributed by atoms with Gasteiger partial charge in [-0.25, -0.2) is 4.79 Å². The second-order valence-electron chi connectivity index (χ2n) is 19.2. The summed E-state index contributed by atoms with van der Waals surface area (Å²) >= 11 is -0.343. The molecule has 8 rings (SSSR count). The van der Waals surface area contributed by atoms with E-state index in [-0.39, 0.29) is 48.9 Å². The van der Waals surface area contributed by atoms with Crippen LogP contribution in [0.25, 0.3) is 29.9 Å². The number of fused-ring (bicyclic) bond motifs is 3. The number of methoxy groups -OCH3 is 1. The van der Waals surface area contributed by atoms with Crippen LogP contribution in [-0.2, 0) is 23.9 Å². The number of unbranched alkanes of at least 4 members (excludes halogenated alkanes) is 5. The molecule has 5 atom stereocenters. The van der Waals surface area contributed by atoms with E-state index in [0.717, 1.165) is 131 Å². The minimum atomic E-state index is -2.26. The second-order valence-corrected chi connectivity index (χ2v) is 24.1. The van der Waals surface area contributed by atoms with Crippen LogP contribution in [0.5, 0.6) is 0 Å². The van der Waals surface area contributed by atoms with Crippen molar-refractivity contribution in [1.82, 2.24) is 21.1 Å². The number of aliphatic imine (C=N–C) groups is 2. The Morgan fingerprint density at radius 1 is 0.942 bits per heavy atom. The van der Waals surface area contributed by atoms with E-state index in [1.54, 1.807) is 0 Å². The third kappa shape index (κ3) is 10.5. The van der Waals surface area contributed by atoms with E-state index < -0.39 is 29.5 Å². The van der Waals surface area contributed by atoms with Gasteiger partial charge in [0.1, 0.15) is 5.78 Å². The van der Waals surface area contributed by atoms with Gasteiger partial charge in [-0.1, -0.05) is 6.42 Å². The van der Waals surface area contributed by atoms with Crippen LogP contribution in [0, 0.1) is 25.7 Å². The van der Waals surface area contributed by atoms with Gasteiger partial charge in [-0.05, 0) is 12.8 Å². The van der Waals surface area contributed by atoms with Crippen molar-refractivity contribution >= 4 is 107 Å². The van der Waals surface area contributed by atoms with E-state index in [1.807, 2.05) is 24.8 Å². The molecule has 3 N–H and O–H groups in total. The van der Waals surface area contributed by atoms with Gasteiger partial charge in [0.2, 0.25) is 0 Å². The van der Waals surface area contributed by atoms with Gasteiger partial charge in [0.25, 0.3) is 0 Å². The molecule has 2 fully saturated rings. The Morgan fingerprint density at radius 3 is 2.46 bits per heavy atom. The molecule has 14 nitrogen and oxygen atoms in total. The first-order valence-corrected chi connectivity index (χ1v) is 29.0. The van der Waals surface area contributed by atoms with Gasteiger partial charge in [-0.15, -0.1) is 0 Å². The molecule has 69 heavy (non-hydrogen) atoms. The van der Waals surface area contributed by atoms with Crippen molar-refractivity contribution < 1.29 is 33.4 Å². The first-order valence-electron chi connectivity index (χ1n) is 25.0. The molecular weight excluding hydrogens is 994 g/mol. The van der Waals surface area contributed by atoms with Gasteiger partial charge in [0.05, 0.1) is 12.1 Å². The number of nitrogens with zero attached hydrogens (tertiary/aromatic N) is 4. The van der Waals surface area contributed by atoms with Crippen LogP contribution in [0.15, 0.2) is 39.1 Å². The van der Waals surface area contributed by atoms with Crippen LogP contribution in [0.3, 0.4) is 0 Å². The molecule has 0 saturated carbocycles. The number of aromatic nitrogens is 2. The fourth-order valence-corrected chi connectivity index (χ4v) is 17.7. The molecule has 2 saturated heterocycles. The van der Waals surface area contributed by atoms with Crippen molar-refractivity contribution in [2.24, 2.45) is 21.8 Å². The third-order valence-corrected chi connectivity index (χ3v) is 21.0. The fraction of sp³-hybridized carbons (Fsp3) is 0.528. The number of ketones is 1. The summed E-state index contributed by atoms with van der Waals surface area (Å²) in [4.78, 5) is 74.9. The van der Waals surface area contributed by atoms with Crippen LogP contribution < -0.4 is 26.6 Å². The number of carbonyl (C=O) groups excluding carboxylic acids is 5. The Hall–Kier alpha value is -4.83. The van der Waals surface area contributed by atoms with Gasteiger partial charge in [-0.3, -0.25) is 4.79 Å². The molecule has 1 radical (unpaired) electrons. The predicted octanol–water partition coefficient (Wildman–Crippen LogP) is 6.89. The zero-order valence-corrected chi connectivity index (χ0v) is 45.2. The SMILES string of the molecule is C=Cc1c(C)c2[n]3c1=CC1=NC(=Cc4c(C)c(C(=O)NCCCCCCCC(=O)CCCC[C@@H]5SCC6NC(=O)NC65)c([n]4[In]3)C(CC(=O)OC)=C3N=C(C=2)[C@@H](C)[C@@H]3CCCOC=O)C(CC)=C1C.